The second-order valence-corrected chi connectivity index (χ2v) is 7.56. The number of para-hydroxylation sites is 2. The molecule has 5 rings (SSSR count). The topological polar surface area (TPSA) is 26.8 Å². The minimum Gasteiger partial charge on any atom is -0.290 e. The molecule has 2 heterocycles. The first-order chi connectivity index (χ1) is 14.7. The van der Waals surface area contributed by atoms with Crippen LogP contribution in [0.2, 0.25) is 0 Å². The lowest BCUT2D eigenvalue weighted by Crippen LogP contribution is -2.38. The molecule has 148 valence electrons. The third-order valence-electron chi connectivity index (χ3n) is 5.24. The van der Waals surface area contributed by atoms with Crippen LogP contribution in [-0.4, -0.2) is 9.30 Å². The van der Waals surface area contributed by atoms with Gasteiger partial charge in [0.25, 0.3) is 19.4 Å². The van der Waals surface area contributed by atoms with E-state index in [9.17, 15) is 0 Å². The van der Waals surface area contributed by atoms with Gasteiger partial charge in [-0.15, -0.1) is 0 Å². The van der Waals surface area contributed by atoms with E-state index in [2.05, 4.69) is 102 Å². The fourth-order valence-corrected chi connectivity index (χ4v) is 3.74. The minimum atomic E-state index is 0.405. The summed E-state index contributed by atoms with van der Waals surface area (Å²) < 4.78 is 8.12. The zero-order valence-electron chi connectivity index (χ0n) is 17.1. The molecule has 0 fully saturated rings. The Bertz CT molecular complexity index is 1330. The van der Waals surface area contributed by atoms with Crippen molar-refractivity contribution in [2.75, 3.05) is 0 Å². The first kappa shape index (κ1) is 18.2. The molecule has 0 spiro atoms. The van der Waals surface area contributed by atoms with Crippen molar-refractivity contribution in [3.63, 3.8) is 0 Å². The largest absolute Gasteiger partial charge is 0.290 e. The summed E-state index contributed by atoms with van der Waals surface area (Å²) in [6.45, 7) is 4.61. The third-order valence-corrected chi connectivity index (χ3v) is 5.24. The van der Waals surface area contributed by atoms with Crippen LogP contribution in [0.15, 0.2) is 97.8 Å². The Labute approximate surface area is 175 Å². The lowest BCUT2D eigenvalue weighted by Gasteiger charge is -1.98. The van der Waals surface area contributed by atoms with Gasteiger partial charge in [-0.2, -0.15) is 13.7 Å². The Kier molecular flexibility index (Phi) is 4.56. The van der Waals surface area contributed by atoms with E-state index in [4.69, 9.17) is 4.84 Å². The van der Waals surface area contributed by atoms with Gasteiger partial charge in [-0.3, -0.25) is 4.84 Å². The van der Waals surface area contributed by atoms with E-state index in [1.54, 1.807) is 4.73 Å². The lowest BCUT2D eigenvalue weighted by molar-refractivity contribution is -0.709. The molecular formula is C25H24N4O+2. The SMILES string of the molecule is Cc1cccc(-n2c[n+](COn3cc[n+](-c4cccc(C)c4)c3)c3ccccc32)c1. The van der Waals surface area contributed by atoms with Crippen molar-refractivity contribution < 1.29 is 14.0 Å². The highest BCUT2D eigenvalue weighted by atomic mass is 16.7. The molecule has 0 aliphatic heterocycles. The summed E-state index contributed by atoms with van der Waals surface area (Å²) in [5.74, 6) is 0. The fourth-order valence-electron chi connectivity index (χ4n) is 3.74. The smallest absolute Gasteiger partial charge is 0.289 e. The van der Waals surface area contributed by atoms with Crippen molar-refractivity contribution in [2.45, 2.75) is 20.6 Å². The fraction of sp³-hybridized carbons (Fsp3) is 0.120. The number of aromatic nitrogens is 4. The summed E-state index contributed by atoms with van der Waals surface area (Å²) in [6, 6.07) is 25.3. The first-order valence-corrected chi connectivity index (χ1v) is 10.0. The van der Waals surface area contributed by atoms with Crippen LogP contribution in [0, 0.1) is 13.8 Å². The molecule has 0 aliphatic carbocycles. The molecule has 0 unspecified atom stereocenters. The number of fused-ring (bicyclic) bond motifs is 1. The highest BCUT2D eigenvalue weighted by Crippen LogP contribution is 2.17. The predicted octanol–water partition coefficient (Wildman–Crippen LogP) is 3.70. The van der Waals surface area contributed by atoms with E-state index in [0.717, 1.165) is 22.4 Å². The molecule has 0 atom stereocenters. The second kappa shape index (κ2) is 7.52. The van der Waals surface area contributed by atoms with Crippen LogP contribution in [-0.2, 0) is 6.73 Å². The number of benzene rings is 3. The van der Waals surface area contributed by atoms with Gasteiger partial charge in [0.2, 0.25) is 0 Å². The van der Waals surface area contributed by atoms with Crippen molar-refractivity contribution in [2.24, 2.45) is 0 Å². The van der Waals surface area contributed by atoms with Gasteiger partial charge in [0.1, 0.15) is 17.6 Å². The number of rotatable bonds is 5. The zero-order chi connectivity index (χ0) is 20.5. The molecule has 0 aliphatic rings. The highest BCUT2D eigenvalue weighted by Gasteiger charge is 2.18. The van der Waals surface area contributed by atoms with Crippen LogP contribution in [0.25, 0.3) is 22.4 Å². The number of imidazole rings is 2. The molecule has 5 aromatic rings. The summed E-state index contributed by atoms with van der Waals surface area (Å²) >= 11 is 0. The molecule has 3 aromatic carbocycles. The third kappa shape index (κ3) is 3.46. The monoisotopic (exact) mass is 396 g/mol. The van der Waals surface area contributed by atoms with Crippen molar-refractivity contribution in [3.8, 4) is 11.4 Å². The van der Waals surface area contributed by atoms with Gasteiger partial charge in [0, 0.05) is 0 Å². The van der Waals surface area contributed by atoms with Crippen molar-refractivity contribution >= 4 is 11.0 Å². The van der Waals surface area contributed by atoms with E-state index < -0.39 is 0 Å². The van der Waals surface area contributed by atoms with Crippen molar-refractivity contribution in [1.29, 1.82) is 0 Å². The molecular weight excluding hydrogens is 372 g/mol. The summed E-state index contributed by atoms with van der Waals surface area (Å²) in [4.78, 5) is 6.05. The van der Waals surface area contributed by atoms with Gasteiger partial charge in [0.15, 0.2) is 17.2 Å². The summed E-state index contributed by atoms with van der Waals surface area (Å²) in [6.07, 6.45) is 7.95. The van der Waals surface area contributed by atoms with Gasteiger partial charge < -0.3 is 0 Å². The number of hydrogen-bond donors (Lipinski definition) is 0. The van der Waals surface area contributed by atoms with Crippen molar-refractivity contribution in [1.82, 2.24) is 9.30 Å². The second-order valence-electron chi connectivity index (χ2n) is 7.56. The van der Waals surface area contributed by atoms with Gasteiger partial charge in [0.05, 0.1) is 0 Å². The Morgan fingerprint density at radius 2 is 1.63 bits per heavy atom. The molecule has 30 heavy (non-hydrogen) atoms. The van der Waals surface area contributed by atoms with Crippen LogP contribution in [0.3, 0.4) is 0 Å². The van der Waals surface area contributed by atoms with Gasteiger partial charge >= 0.3 is 0 Å². The maximum absolute atomic E-state index is 6.05. The molecule has 2 aromatic heterocycles. The lowest BCUT2D eigenvalue weighted by atomic mass is 10.2. The van der Waals surface area contributed by atoms with E-state index in [0.29, 0.717) is 6.73 Å². The van der Waals surface area contributed by atoms with Crippen LogP contribution >= 0.6 is 0 Å². The maximum Gasteiger partial charge on any atom is 0.289 e. The number of aryl methyl sites for hydroxylation is 2. The van der Waals surface area contributed by atoms with Gasteiger partial charge in [-0.1, -0.05) is 36.4 Å². The quantitative estimate of drug-likeness (QED) is 0.416. The summed E-state index contributed by atoms with van der Waals surface area (Å²) in [7, 11) is 0. The van der Waals surface area contributed by atoms with E-state index in [-0.39, 0.29) is 0 Å². The molecule has 0 amide bonds. The van der Waals surface area contributed by atoms with Crippen molar-refractivity contribution in [3.05, 3.63) is 109 Å². The maximum atomic E-state index is 6.05. The average Bonchev–Trinajstić information content (AvgIpc) is 3.37. The molecule has 0 saturated carbocycles. The number of nitrogens with zero attached hydrogens (tertiary/aromatic N) is 4. The highest BCUT2D eigenvalue weighted by molar-refractivity contribution is 5.74. The van der Waals surface area contributed by atoms with Gasteiger partial charge in [-0.05, 0) is 66.1 Å². The Balaban J connectivity index is 1.43. The van der Waals surface area contributed by atoms with E-state index in [1.807, 2.05) is 23.3 Å². The Hall–Kier alpha value is -3.86. The minimum absolute atomic E-state index is 0.405. The van der Waals surface area contributed by atoms with Crippen LogP contribution in [0.5, 0.6) is 0 Å². The van der Waals surface area contributed by atoms with Crippen LogP contribution in [0.1, 0.15) is 11.1 Å². The van der Waals surface area contributed by atoms with Crippen LogP contribution in [0.4, 0.5) is 0 Å². The summed E-state index contributed by atoms with van der Waals surface area (Å²) in [5, 5.41) is 0. The predicted molar refractivity (Wildman–Crippen MR) is 115 cm³/mol. The Morgan fingerprint density at radius 1 is 0.833 bits per heavy atom. The molecule has 0 saturated heterocycles. The molecule has 5 nitrogen and oxygen atoms in total. The van der Waals surface area contributed by atoms with Gasteiger partial charge in [-0.25, -0.2) is 0 Å². The molecule has 0 bridgehead atoms. The Morgan fingerprint density at radius 3 is 2.47 bits per heavy atom. The zero-order valence-corrected chi connectivity index (χ0v) is 17.1. The first-order valence-electron chi connectivity index (χ1n) is 10.0. The van der Waals surface area contributed by atoms with E-state index >= 15 is 0 Å². The molecule has 0 radical (unpaired) electrons. The number of hydrogen-bond acceptors (Lipinski definition) is 1. The molecule has 0 N–H and O–H groups in total. The normalized spacial score (nSPS) is 11.1. The van der Waals surface area contributed by atoms with E-state index in [1.165, 1.54) is 11.1 Å². The standard InChI is InChI=1S/C25H24N4O/c1-20-7-5-9-22(15-20)26-13-14-28(17-26)30-19-27-18-29(23-10-6-8-21(2)16-23)25-12-4-3-11-24(25)27/h3-18H,19H2,1-2H3/q+2. The average molecular weight is 396 g/mol. The van der Waals surface area contributed by atoms with Crippen LogP contribution < -0.4 is 14.0 Å². The summed E-state index contributed by atoms with van der Waals surface area (Å²) in [5.41, 5.74) is 6.99. The molecule has 5 heteroatoms.